The molecule has 36 heavy (non-hydrogen) atoms. The number of nitrogens with zero attached hydrogens (tertiary/aromatic N) is 1. The number of hydrogen-bond acceptors (Lipinski definition) is 3. The summed E-state index contributed by atoms with van der Waals surface area (Å²) in [5.74, 6) is -0.322. The molecular formula is C31H26N2O3. The summed E-state index contributed by atoms with van der Waals surface area (Å²) >= 11 is 0. The molecule has 178 valence electrons. The Bertz CT molecular complexity index is 1460. The Morgan fingerprint density at radius 3 is 2.14 bits per heavy atom. The Morgan fingerprint density at radius 1 is 0.750 bits per heavy atom. The number of amides is 2. The summed E-state index contributed by atoms with van der Waals surface area (Å²) < 4.78 is 0. The molecule has 0 saturated carbocycles. The van der Waals surface area contributed by atoms with Gasteiger partial charge in [0.2, 0.25) is 0 Å². The predicted molar refractivity (Wildman–Crippen MR) is 143 cm³/mol. The van der Waals surface area contributed by atoms with Crippen LogP contribution >= 0.6 is 0 Å². The summed E-state index contributed by atoms with van der Waals surface area (Å²) in [4.78, 5) is 40.6. The molecule has 1 heterocycles. The van der Waals surface area contributed by atoms with Crippen LogP contribution in [0.4, 0.5) is 11.4 Å². The minimum atomic E-state index is -0.215. The van der Waals surface area contributed by atoms with E-state index in [4.69, 9.17) is 0 Å². The number of para-hydroxylation sites is 1. The molecule has 5 nitrogen and oxygen atoms in total. The van der Waals surface area contributed by atoms with E-state index in [0.717, 1.165) is 16.7 Å². The van der Waals surface area contributed by atoms with Crippen molar-refractivity contribution in [1.82, 2.24) is 0 Å². The number of anilines is 2. The van der Waals surface area contributed by atoms with Gasteiger partial charge in [-0.05, 0) is 72.5 Å². The quantitative estimate of drug-likeness (QED) is 0.365. The van der Waals surface area contributed by atoms with Gasteiger partial charge in [0.05, 0.1) is 5.69 Å². The van der Waals surface area contributed by atoms with Gasteiger partial charge in [-0.25, -0.2) is 0 Å². The van der Waals surface area contributed by atoms with Gasteiger partial charge in [0.25, 0.3) is 11.8 Å². The fraction of sp³-hybridized carbons (Fsp3) is 0.129. The van der Waals surface area contributed by atoms with Gasteiger partial charge in [-0.2, -0.15) is 0 Å². The summed E-state index contributed by atoms with van der Waals surface area (Å²) in [5, 5.41) is 2.96. The van der Waals surface area contributed by atoms with Gasteiger partial charge in [-0.1, -0.05) is 54.6 Å². The molecule has 0 radical (unpaired) electrons. The number of Topliss-reactive ketones (excluding diaryl/α,β-unsaturated/α-hetero) is 1. The molecule has 2 amide bonds. The highest BCUT2D eigenvalue weighted by molar-refractivity contribution is 6.12. The van der Waals surface area contributed by atoms with Crippen molar-refractivity contribution in [3.8, 4) is 11.1 Å². The molecule has 4 aromatic rings. The summed E-state index contributed by atoms with van der Waals surface area (Å²) in [5.41, 5.74) is 5.89. The SMILES string of the molecule is Cc1ccccc1-c1ccccc1C(=O)Nc1ccc(C(=O)N2CCCC(=O)c3ccccc32)cc1. The van der Waals surface area contributed by atoms with Gasteiger partial charge in [-0.15, -0.1) is 0 Å². The van der Waals surface area contributed by atoms with Crippen LogP contribution in [0.3, 0.4) is 0 Å². The van der Waals surface area contributed by atoms with E-state index in [0.29, 0.717) is 47.5 Å². The third-order valence-electron chi connectivity index (χ3n) is 6.52. The number of hydrogen-bond donors (Lipinski definition) is 1. The van der Waals surface area contributed by atoms with E-state index < -0.39 is 0 Å². The molecule has 1 aliphatic rings. The maximum Gasteiger partial charge on any atom is 0.258 e. The van der Waals surface area contributed by atoms with E-state index >= 15 is 0 Å². The average Bonchev–Trinajstić information content (AvgIpc) is 3.08. The van der Waals surface area contributed by atoms with Crippen LogP contribution in [0, 0.1) is 6.92 Å². The number of nitrogens with one attached hydrogen (secondary N) is 1. The van der Waals surface area contributed by atoms with Gasteiger partial charge in [0.1, 0.15) is 0 Å². The molecule has 0 aromatic heterocycles. The molecule has 1 N–H and O–H groups in total. The molecule has 0 spiro atoms. The van der Waals surface area contributed by atoms with Gasteiger partial charge < -0.3 is 10.2 Å². The molecule has 4 aromatic carbocycles. The van der Waals surface area contributed by atoms with Crippen LogP contribution in [-0.4, -0.2) is 24.1 Å². The van der Waals surface area contributed by atoms with E-state index in [-0.39, 0.29) is 17.6 Å². The van der Waals surface area contributed by atoms with Crippen molar-refractivity contribution in [2.24, 2.45) is 0 Å². The highest BCUT2D eigenvalue weighted by Crippen LogP contribution is 2.29. The van der Waals surface area contributed by atoms with Crippen LogP contribution in [0.5, 0.6) is 0 Å². The molecule has 0 bridgehead atoms. The summed E-state index contributed by atoms with van der Waals surface area (Å²) in [7, 11) is 0. The Hall–Kier alpha value is -4.51. The zero-order valence-corrected chi connectivity index (χ0v) is 20.0. The number of benzene rings is 4. The van der Waals surface area contributed by atoms with Crippen LogP contribution in [0.2, 0.25) is 0 Å². The number of rotatable bonds is 4. The first kappa shape index (κ1) is 23.2. The maximum atomic E-state index is 13.3. The first-order valence-electron chi connectivity index (χ1n) is 12.0. The topological polar surface area (TPSA) is 66.5 Å². The van der Waals surface area contributed by atoms with Crippen LogP contribution in [0.15, 0.2) is 97.1 Å². The van der Waals surface area contributed by atoms with Crippen molar-refractivity contribution in [3.05, 3.63) is 119 Å². The van der Waals surface area contributed by atoms with Crippen molar-refractivity contribution in [2.45, 2.75) is 19.8 Å². The van der Waals surface area contributed by atoms with Crippen molar-refractivity contribution in [2.75, 3.05) is 16.8 Å². The largest absolute Gasteiger partial charge is 0.322 e. The predicted octanol–water partition coefficient (Wildman–Crippen LogP) is 6.54. The monoisotopic (exact) mass is 474 g/mol. The highest BCUT2D eigenvalue weighted by Gasteiger charge is 2.25. The number of aryl methyl sites for hydroxylation is 1. The smallest absolute Gasteiger partial charge is 0.258 e. The standard InChI is InChI=1S/C31H26N2O3/c1-21-9-2-3-10-24(21)25-11-4-5-12-26(25)30(35)32-23-18-16-22(17-19-23)31(36)33-20-8-15-29(34)27-13-6-7-14-28(27)33/h2-7,9-14,16-19H,8,15,20H2,1H3,(H,32,35). The van der Waals surface area contributed by atoms with Gasteiger partial charge in [0.15, 0.2) is 5.78 Å². The highest BCUT2D eigenvalue weighted by atomic mass is 16.2. The molecule has 5 heteroatoms. The molecule has 1 aliphatic heterocycles. The van der Waals surface area contributed by atoms with Crippen LogP contribution in [0.1, 0.15) is 49.5 Å². The van der Waals surface area contributed by atoms with E-state index in [1.165, 1.54) is 0 Å². The van der Waals surface area contributed by atoms with Gasteiger partial charge >= 0.3 is 0 Å². The molecule has 0 atom stereocenters. The minimum Gasteiger partial charge on any atom is -0.322 e. The number of fused-ring (bicyclic) bond motifs is 1. The van der Waals surface area contributed by atoms with Crippen LogP contribution in [-0.2, 0) is 0 Å². The molecule has 0 fully saturated rings. The van der Waals surface area contributed by atoms with E-state index in [1.807, 2.05) is 73.7 Å². The van der Waals surface area contributed by atoms with Crippen LogP contribution < -0.4 is 10.2 Å². The number of carbonyl (C=O) groups is 3. The lowest BCUT2D eigenvalue weighted by Crippen LogP contribution is -2.31. The lowest BCUT2D eigenvalue weighted by molar-refractivity contribution is 0.0973. The zero-order valence-electron chi connectivity index (χ0n) is 20.0. The summed E-state index contributed by atoms with van der Waals surface area (Å²) in [6, 6.07) is 29.6. The second-order valence-corrected chi connectivity index (χ2v) is 8.89. The molecule has 0 unspecified atom stereocenters. The summed E-state index contributed by atoms with van der Waals surface area (Å²) in [6.45, 7) is 2.51. The lowest BCUT2D eigenvalue weighted by atomic mass is 9.95. The normalized spacial score (nSPS) is 13.0. The van der Waals surface area contributed by atoms with Crippen molar-refractivity contribution < 1.29 is 14.4 Å². The Morgan fingerprint density at radius 2 is 1.39 bits per heavy atom. The third kappa shape index (κ3) is 4.56. The summed E-state index contributed by atoms with van der Waals surface area (Å²) in [6.07, 6.45) is 1.05. The van der Waals surface area contributed by atoms with Crippen LogP contribution in [0.25, 0.3) is 11.1 Å². The Labute approximate surface area is 210 Å². The fourth-order valence-corrected chi connectivity index (χ4v) is 4.65. The third-order valence-corrected chi connectivity index (χ3v) is 6.52. The number of ketones is 1. The second-order valence-electron chi connectivity index (χ2n) is 8.89. The lowest BCUT2D eigenvalue weighted by Gasteiger charge is -2.22. The maximum absolute atomic E-state index is 13.3. The van der Waals surface area contributed by atoms with E-state index in [1.54, 1.807) is 35.2 Å². The Balaban J connectivity index is 1.36. The zero-order chi connectivity index (χ0) is 25.1. The molecular weight excluding hydrogens is 448 g/mol. The fourth-order valence-electron chi connectivity index (χ4n) is 4.65. The van der Waals surface area contributed by atoms with Crippen molar-refractivity contribution >= 4 is 29.0 Å². The van der Waals surface area contributed by atoms with Crippen molar-refractivity contribution in [3.63, 3.8) is 0 Å². The Kier molecular flexibility index (Phi) is 6.46. The minimum absolute atomic E-state index is 0.0601. The second kappa shape index (κ2) is 10.0. The molecule has 5 rings (SSSR count). The van der Waals surface area contributed by atoms with E-state index in [2.05, 4.69) is 5.32 Å². The first-order chi connectivity index (χ1) is 17.5. The number of carbonyl (C=O) groups excluding carboxylic acids is 3. The molecule has 0 saturated heterocycles. The molecule has 0 aliphatic carbocycles. The van der Waals surface area contributed by atoms with E-state index in [9.17, 15) is 14.4 Å². The first-order valence-corrected chi connectivity index (χ1v) is 12.0. The van der Waals surface area contributed by atoms with Crippen molar-refractivity contribution in [1.29, 1.82) is 0 Å². The van der Waals surface area contributed by atoms with Gasteiger partial charge in [0, 0.05) is 35.3 Å². The average molecular weight is 475 g/mol. The van der Waals surface area contributed by atoms with Gasteiger partial charge in [-0.3, -0.25) is 14.4 Å².